The van der Waals surface area contributed by atoms with Crippen molar-refractivity contribution in [3.63, 3.8) is 0 Å². The molecule has 1 aromatic rings. The third kappa shape index (κ3) is 8.84. The molecule has 0 aliphatic heterocycles. The second-order valence-electron chi connectivity index (χ2n) is 6.21. The Bertz CT molecular complexity index is 636. The van der Waals surface area contributed by atoms with Crippen molar-refractivity contribution in [3.8, 4) is 0 Å². The molecule has 7 heteroatoms. The van der Waals surface area contributed by atoms with Gasteiger partial charge in [-0.15, -0.1) is 0 Å². The van der Waals surface area contributed by atoms with E-state index in [0.29, 0.717) is 12.2 Å². The predicted octanol–water partition coefficient (Wildman–Crippen LogP) is 3.55. The largest absolute Gasteiger partial charge is 0.464 e. The Morgan fingerprint density at radius 3 is 2.52 bits per heavy atom. The molecule has 0 saturated heterocycles. The van der Waals surface area contributed by atoms with Gasteiger partial charge in [0.2, 0.25) is 5.91 Å². The van der Waals surface area contributed by atoms with Crippen LogP contribution in [0.25, 0.3) is 0 Å². The molecular weight excluding hydrogens is 382 g/mol. The van der Waals surface area contributed by atoms with Gasteiger partial charge in [-0.05, 0) is 43.4 Å². The van der Waals surface area contributed by atoms with Crippen molar-refractivity contribution in [1.82, 2.24) is 5.32 Å². The standard InChI is InChI=1S/C20H29NO4S2/c1-5-25-20(24)18(10-11-26-4)21-19(23)12-16(13-27-15(3)22)17-9-7-6-8-14(17)2/h6-9,16,18H,5,10-13H2,1-4H3,(H,21,23)/t16?,18-/m0/s1. The number of carbonyl (C=O) groups excluding carboxylic acids is 3. The lowest BCUT2D eigenvalue weighted by Gasteiger charge is -2.21. The van der Waals surface area contributed by atoms with Crippen molar-refractivity contribution in [2.45, 2.75) is 45.6 Å². The molecule has 0 heterocycles. The lowest BCUT2D eigenvalue weighted by atomic mass is 9.93. The van der Waals surface area contributed by atoms with Gasteiger partial charge in [-0.3, -0.25) is 9.59 Å². The fraction of sp³-hybridized carbons (Fsp3) is 0.550. The number of hydrogen-bond acceptors (Lipinski definition) is 6. The summed E-state index contributed by atoms with van der Waals surface area (Å²) in [6.07, 6.45) is 2.71. The smallest absolute Gasteiger partial charge is 0.328 e. The van der Waals surface area contributed by atoms with Crippen molar-refractivity contribution in [2.24, 2.45) is 0 Å². The van der Waals surface area contributed by atoms with E-state index in [-0.39, 0.29) is 30.0 Å². The Labute approximate surface area is 170 Å². The van der Waals surface area contributed by atoms with Gasteiger partial charge in [0.15, 0.2) is 5.12 Å². The number of benzene rings is 1. The van der Waals surface area contributed by atoms with Crippen LogP contribution in [-0.4, -0.2) is 47.4 Å². The van der Waals surface area contributed by atoms with Gasteiger partial charge < -0.3 is 10.1 Å². The normalized spacial score (nSPS) is 12.9. The molecule has 150 valence electrons. The van der Waals surface area contributed by atoms with Gasteiger partial charge in [-0.25, -0.2) is 4.79 Å². The van der Waals surface area contributed by atoms with Crippen LogP contribution in [0.5, 0.6) is 0 Å². The zero-order valence-corrected chi connectivity index (χ0v) is 18.1. The van der Waals surface area contributed by atoms with Gasteiger partial charge in [0.1, 0.15) is 6.04 Å². The second kappa shape index (κ2) is 12.8. The highest BCUT2D eigenvalue weighted by Gasteiger charge is 2.24. The number of carbonyl (C=O) groups is 3. The Hall–Kier alpha value is -1.47. The van der Waals surface area contributed by atoms with Crippen LogP contribution < -0.4 is 5.32 Å². The molecule has 0 spiro atoms. The molecule has 0 fully saturated rings. The fourth-order valence-corrected chi connectivity index (χ4v) is 3.93. The van der Waals surface area contributed by atoms with Gasteiger partial charge >= 0.3 is 5.97 Å². The van der Waals surface area contributed by atoms with Gasteiger partial charge in [0.25, 0.3) is 0 Å². The first-order chi connectivity index (χ1) is 12.9. The van der Waals surface area contributed by atoms with Gasteiger partial charge in [0, 0.05) is 25.0 Å². The first kappa shape index (κ1) is 23.6. The van der Waals surface area contributed by atoms with Crippen molar-refractivity contribution >= 4 is 40.5 Å². The minimum atomic E-state index is -0.636. The lowest BCUT2D eigenvalue weighted by Crippen LogP contribution is -2.42. The summed E-state index contributed by atoms with van der Waals surface area (Å²) >= 11 is 2.83. The summed E-state index contributed by atoms with van der Waals surface area (Å²) in [6.45, 7) is 5.56. The number of rotatable bonds is 11. The molecular formula is C20H29NO4S2. The summed E-state index contributed by atoms with van der Waals surface area (Å²) in [5.74, 6) is 0.591. The predicted molar refractivity (Wildman–Crippen MR) is 113 cm³/mol. The second-order valence-corrected chi connectivity index (χ2v) is 8.40. The highest BCUT2D eigenvalue weighted by molar-refractivity contribution is 8.13. The topological polar surface area (TPSA) is 72.5 Å². The zero-order chi connectivity index (χ0) is 20.2. The van der Waals surface area contributed by atoms with Gasteiger partial charge in [0.05, 0.1) is 6.61 Å². The number of hydrogen-bond donors (Lipinski definition) is 1. The number of amides is 1. The lowest BCUT2D eigenvalue weighted by molar-refractivity contribution is -0.147. The van der Waals surface area contributed by atoms with E-state index in [1.807, 2.05) is 37.4 Å². The molecule has 27 heavy (non-hydrogen) atoms. The SMILES string of the molecule is CCOC(=O)[C@H](CCSC)NC(=O)CC(CSC(C)=O)c1ccccc1C. The van der Waals surface area contributed by atoms with Crippen LogP contribution in [-0.2, 0) is 19.1 Å². The number of nitrogens with one attached hydrogen (secondary N) is 1. The van der Waals surface area contributed by atoms with E-state index < -0.39 is 12.0 Å². The highest BCUT2D eigenvalue weighted by atomic mass is 32.2. The summed E-state index contributed by atoms with van der Waals surface area (Å²) in [5, 5.41) is 2.85. The maximum Gasteiger partial charge on any atom is 0.328 e. The molecule has 5 nitrogen and oxygen atoms in total. The Kier molecular flexibility index (Phi) is 11.2. The third-order valence-electron chi connectivity index (χ3n) is 4.06. The van der Waals surface area contributed by atoms with Crippen molar-refractivity contribution in [2.75, 3.05) is 24.4 Å². The van der Waals surface area contributed by atoms with E-state index in [1.54, 1.807) is 18.7 Å². The van der Waals surface area contributed by atoms with Crippen LogP contribution in [0, 0.1) is 6.92 Å². The van der Waals surface area contributed by atoms with Crippen LogP contribution in [0.15, 0.2) is 24.3 Å². The Balaban J connectivity index is 2.85. The molecule has 0 aromatic heterocycles. The molecule has 0 aliphatic rings. The third-order valence-corrected chi connectivity index (χ3v) is 5.68. The molecule has 0 saturated carbocycles. The van der Waals surface area contributed by atoms with Crippen LogP contribution in [0.2, 0.25) is 0 Å². The van der Waals surface area contributed by atoms with Crippen LogP contribution in [0.1, 0.15) is 43.7 Å². The van der Waals surface area contributed by atoms with Crippen LogP contribution >= 0.6 is 23.5 Å². The van der Waals surface area contributed by atoms with Gasteiger partial charge in [-0.1, -0.05) is 36.0 Å². The minimum absolute atomic E-state index is 0.0263. The van der Waals surface area contributed by atoms with Crippen LogP contribution in [0.3, 0.4) is 0 Å². The van der Waals surface area contributed by atoms with E-state index in [0.717, 1.165) is 16.9 Å². The van der Waals surface area contributed by atoms with Gasteiger partial charge in [-0.2, -0.15) is 11.8 Å². The van der Waals surface area contributed by atoms with Crippen molar-refractivity contribution in [3.05, 3.63) is 35.4 Å². The van der Waals surface area contributed by atoms with Crippen LogP contribution in [0.4, 0.5) is 0 Å². The first-order valence-electron chi connectivity index (χ1n) is 9.02. The Morgan fingerprint density at radius 2 is 1.93 bits per heavy atom. The molecule has 0 bridgehead atoms. The maximum absolute atomic E-state index is 12.6. The Morgan fingerprint density at radius 1 is 1.22 bits per heavy atom. The maximum atomic E-state index is 12.6. The quantitative estimate of drug-likeness (QED) is 0.562. The molecule has 1 unspecified atom stereocenters. The van der Waals surface area contributed by atoms with Crippen molar-refractivity contribution in [1.29, 1.82) is 0 Å². The summed E-state index contributed by atoms with van der Waals surface area (Å²) in [7, 11) is 0. The summed E-state index contributed by atoms with van der Waals surface area (Å²) in [4.78, 5) is 36.2. The van der Waals surface area contributed by atoms with E-state index in [2.05, 4.69) is 5.32 Å². The molecule has 1 rings (SSSR count). The molecule has 0 radical (unpaired) electrons. The minimum Gasteiger partial charge on any atom is -0.464 e. The highest BCUT2D eigenvalue weighted by Crippen LogP contribution is 2.27. The molecule has 0 aliphatic carbocycles. The molecule has 1 aromatic carbocycles. The van der Waals surface area contributed by atoms with Crippen molar-refractivity contribution < 1.29 is 19.1 Å². The van der Waals surface area contributed by atoms with E-state index in [4.69, 9.17) is 4.74 Å². The fourth-order valence-electron chi connectivity index (χ4n) is 2.73. The summed E-state index contributed by atoms with van der Waals surface area (Å²) < 4.78 is 5.08. The first-order valence-corrected chi connectivity index (χ1v) is 11.4. The zero-order valence-electron chi connectivity index (χ0n) is 16.4. The number of esters is 1. The average Bonchev–Trinajstić information content (AvgIpc) is 2.62. The molecule has 1 N–H and O–H groups in total. The molecule has 2 atom stereocenters. The average molecular weight is 412 g/mol. The number of aryl methyl sites for hydroxylation is 1. The number of ether oxygens (including phenoxy) is 1. The van der Waals surface area contributed by atoms with E-state index >= 15 is 0 Å². The van der Waals surface area contributed by atoms with E-state index in [1.165, 1.54) is 18.7 Å². The summed E-state index contributed by atoms with van der Waals surface area (Å²) in [5.41, 5.74) is 2.14. The van der Waals surface area contributed by atoms with E-state index in [9.17, 15) is 14.4 Å². The summed E-state index contributed by atoms with van der Waals surface area (Å²) in [6, 6.07) is 7.24. The monoisotopic (exact) mass is 411 g/mol. The number of thioether (sulfide) groups is 2. The molecule has 1 amide bonds.